The van der Waals surface area contributed by atoms with Crippen LogP contribution in [0.3, 0.4) is 0 Å². The van der Waals surface area contributed by atoms with E-state index in [0.29, 0.717) is 10.7 Å². The normalized spacial score (nSPS) is 11.5. The molecule has 2 aromatic carbocycles. The molecule has 0 fully saturated rings. The number of hydrogen-bond acceptors (Lipinski definition) is 4. The first-order valence-electron chi connectivity index (χ1n) is 6.95. The molecule has 3 aromatic rings. The van der Waals surface area contributed by atoms with Gasteiger partial charge in [-0.3, -0.25) is 9.59 Å². The molecule has 0 saturated carbocycles. The number of nitrogens with two attached hydrogens (primary N) is 1. The molecule has 0 bridgehead atoms. The maximum Gasteiger partial charge on any atom is 0.278 e. The predicted octanol–water partition coefficient (Wildman–Crippen LogP) is 2.57. The van der Waals surface area contributed by atoms with Gasteiger partial charge in [0.25, 0.3) is 11.8 Å². The summed E-state index contributed by atoms with van der Waals surface area (Å²) in [6.07, 6.45) is 0. The number of rotatable bonds is 3. The highest BCUT2D eigenvalue weighted by Crippen LogP contribution is 2.12. The Morgan fingerprint density at radius 3 is 2.56 bits per heavy atom. The summed E-state index contributed by atoms with van der Waals surface area (Å²) in [5.74, 6) is -1.81. The van der Waals surface area contributed by atoms with Gasteiger partial charge in [0.05, 0.1) is 5.69 Å². The van der Waals surface area contributed by atoms with E-state index in [9.17, 15) is 14.0 Å². The fourth-order valence-electron chi connectivity index (χ4n) is 1.96. The lowest BCUT2D eigenvalue weighted by Crippen LogP contribution is -2.20. The summed E-state index contributed by atoms with van der Waals surface area (Å²) in [6, 6.07) is 11.7. The number of carbonyl (C=O) groups is 2. The molecule has 0 radical (unpaired) electrons. The first-order chi connectivity index (χ1) is 11.9. The van der Waals surface area contributed by atoms with Crippen molar-refractivity contribution in [3.05, 3.63) is 75.3 Å². The number of carbonyl (C=O) groups excluding carboxylic acids is 2. The van der Waals surface area contributed by atoms with Gasteiger partial charge in [-0.15, -0.1) is 5.10 Å². The van der Waals surface area contributed by atoms with Crippen LogP contribution in [-0.4, -0.2) is 21.0 Å². The van der Waals surface area contributed by atoms with Crippen LogP contribution in [0.4, 0.5) is 4.39 Å². The van der Waals surface area contributed by atoms with Crippen molar-refractivity contribution in [3.63, 3.8) is 0 Å². The van der Waals surface area contributed by atoms with Gasteiger partial charge >= 0.3 is 0 Å². The van der Waals surface area contributed by atoms with Crippen LogP contribution in [0.5, 0.6) is 0 Å². The number of hydrogen-bond donors (Lipinski definition) is 1. The van der Waals surface area contributed by atoms with Crippen LogP contribution in [-0.2, 0) is 0 Å². The molecule has 9 heteroatoms. The fourth-order valence-corrected chi connectivity index (χ4v) is 3.02. The second kappa shape index (κ2) is 6.96. The van der Waals surface area contributed by atoms with E-state index >= 15 is 0 Å². The van der Waals surface area contributed by atoms with E-state index in [1.807, 2.05) is 0 Å². The van der Waals surface area contributed by atoms with Gasteiger partial charge in [-0.1, -0.05) is 17.7 Å². The molecule has 25 heavy (non-hydrogen) atoms. The average Bonchev–Trinajstić information content (AvgIpc) is 2.99. The minimum absolute atomic E-state index is 0.0572. The predicted molar refractivity (Wildman–Crippen MR) is 91.3 cm³/mol. The SMILES string of the molecule is NC(=O)c1nn(-c2ccc(F)cc2)sc1=NC(=O)c1cccc(Cl)c1. The molecule has 6 nitrogen and oxygen atoms in total. The number of halogens is 2. The molecule has 0 aliphatic heterocycles. The minimum atomic E-state index is -0.824. The van der Waals surface area contributed by atoms with Gasteiger partial charge in [-0.05, 0) is 54.0 Å². The van der Waals surface area contributed by atoms with Crippen LogP contribution < -0.4 is 10.4 Å². The molecule has 1 aromatic heterocycles. The lowest BCUT2D eigenvalue weighted by atomic mass is 10.2. The Bertz CT molecular complexity index is 1030. The Kier molecular flexibility index (Phi) is 4.73. The molecular weight excluding hydrogens is 367 g/mol. The van der Waals surface area contributed by atoms with Crippen LogP contribution in [0.25, 0.3) is 5.69 Å². The summed E-state index contributed by atoms with van der Waals surface area (Å²) in [5.41, 5.74) is 5.93. The van der Waals surface area contributed by atoms with Crippen molar-refractivity contribution in [2.24, 2.45) is 10.7 Å². The second-order valence-electron chi connectivity index (χ2n) is 4.89. The van der Waals surface area contributed by atoms with E-state index in [1.54, 1.807) is 18.2 Å². The molecule has 0 spiro atoms. The Labute approximate surface area is 150 Å². The van der Waals surface area contributed by atoms with Crippen molar-refractivity contribution in [1.82, 2.24) is 9.17 Å². The standard InChI is InChI=1S/C16H10ClFN4O2S/c17-10-3-1-2-9(8-10)15(24)20-16-13(14(19)23)21-22(25-16)12-6-4-11(18)5-7-12/h1-8H,(H2,19,23). The number of benzene rings is 2. The molecule has 0 unspecified atom stereocenters. The Balaban J connectivity index is 2.07. The molecule has 0 saturated heterocycles. The summed E-state index contributed by atoms with van der Waals surface area (Å²) in [7, 11) is 0. The third kappa shape index (κ3) is 3.81. The number of primary amides is 1. The zero-order valence-electron chi connectivity index (χ0n) is 12.5. The number of nitrogens with zero attached hydrogens (tertiary/aromatic N) is 3. The smallest absolute Gasteiger partial charge is 0.278 e. The summed E-state index contributed by atoms with van der Waals surface area (Å²) in [5, 5.41) is 4.43. The van der Waals surface area contributed by atoms with E-state index in [2.05, 4.69) is 10.1 Å². The quantitative estimate of drug-likeness (QED) is 0.761. The van der Waals surface area contributed by atoms with E-state index < -0.39 is 17.6 Å². The molecule has 1 heterocycles. The van der Waals surface area contributed by atoms with Crippen molar-refractivity contribution in [3.8, 4) is 5.69 Å². The maximum absolute atomic E-state index is 13.0. The third-order valence-corrected chi connectivity index (χ3v) is 4.28. The molecule has 126 valence electrons. The monoisotopic (exact) mass is 376 g/mol. The van der Waals surface area contributed by atoms with E-state index in [1.165, 1.54) is 34.4 Å². The molecule has 0 aliphatic carbocycles. The minimum Gasteiger partial charge on any atom is -0.364 e. The maximum atomic E-state index is 13.0. The lowest BCUT2D eigenvalue weighted by molar-refractivity contribution is 0.0994. The van der Waals surface area contributed by atoms with Gasteiger partial charge < -0.3 is 5.73 Å². The molecule has 0 atom stereocenters. The van der Waals surface area contributed by atoms with Gasteiger partial charge in [0.1, 0.15) is 5.82 Å². The van der Waals surface area contributed by atoms with E-state index in [0.717, 1.165) is 11.5 Å². The van der Waals surface area contributed by atoms with Gasteiger partial charge in [0, 0.05) is 10.6 Å². The van der Waals surface area contributed by atoms with Crippen molar-refractivity contribution in [1.29, 1.82) is 0 Å². The zero-order valence-corrected chi connectivity index (χ0v) is 14.1. The number of aromatic nitrogens is 2. The van der Waals surface area contributed by atoms with E-state index in [-0.39, 0.29) is 15.9 Å². The van der Waals surface area contributed by atoms with Gasteiger partial charge in [-0.2, -0.15) is 9.06 Å². The Morgan fingerprint density at radius 1 is 1.20 bits per heavy atom. The highest BCUT2D eigenvalue weighted by Gasteiger charge is 2.14. The molecule has 0 aliphatic rings. The summed E-state index contributed by atoms with van der Waals surface area (Å²) in [6.45, 7) is 0. The van der Waals surface area contributed by atoms with Gasteiger partial charge in [0.15, 0.2) is 10.4 Å². The average molecular weight is 377 g/mol. The van der Waals surface area contributed by atoms with Crippen LogP contribution >= 0.6 is 23.1 Å². The van der Waals surface area contributed by atoms with Crippen molar-refractivity contribution >= 4 is 34.9 Å². The van der Waals surface area contributed by atoms with Crippen LogP contribution in [0.1, 0.15) is 20.8 Å². The second-order valence-corrected chi connectivity index (χ2v) is 6.24. The van der Waals surface area contributed by atoms with Crippen LogP contribution in [0.15, 0.2) is 53.5 Å². The highest BCUT2D eigenvalue weighted by molar-refractivity contribution is 7.04. The lowest BCUT2D eigenvalue weighted by Gasteiger charge is -1.97. The topological polar surface area (TPSA) is 90.3 Å². The molecule has 2 amide bonds. The number of amides is 2. The molecular formula is C16H10ClFN4O2S. The van der Waals surface area contributed by atoms with Crippen LogP contribution in [0.2, 0.25) is 5.02 Å². The Morgan fingerprint density at radius 2 is 1.92 bits per heavy atom. The van der Waals surface area contributed by atoms with Crippen molar-refractivity contribution in [2.75, 3.05) is 0 Å². The van der Waals surface area contributed by atoms with E-state index in [4.69, 9.17) is 17.3 Å². The zero-order chi connectivity index (χ0) is 18.0. The highest BCUT2D eigenvalue weighted by atomic mass is 35.5. The van der Waals surface area contributed by atoms with Crippen molar-refractivity contribution in [2.45, 2.75) is 0 Å². The van der Waals surface area contributed by atoms with Crippen molar-refractivity contribution < 1.29 is 14.0 Å². The largest absolute Gasteiger partial charge is 0.364 e. The Hall–Kier alpha value is -2.84. The molecule has 3 rings (SSSR count). The van der Waals surface area contributed by atoms with Gasteiger partial charge in [-0.25, -0.2) is 4.39 Å². The van der Waals surface area contributed by atoms with Crippen LogP contribution in [0, 0.1) is 5.82 Å². The molecule has 2 N–H and O–H groups in total. The van der Waals surface area contributed by atoms with Gasteiger partial charge in [0.2, 0.25) is 0 Å². The first kappa shape index (κ1) is 17.0. The summed E-state index contributed by atoms with van der Waals surface area (Å²) in [4.78, 5) is 27.8. The summed E-state index contributed by atoms with van der Waals surface area (Å²) >= 11 is 6.79. The third-order valence-electron chi connectivity index (χ3n) is 3.12. The summed E-state index contributed by atoms with van der Waals surface area (Å²) < 4.78 is 14.4. The first-order valence-corrected chi connectivity index (χ1v) is 8.10. The fraction of sp³-hybridized carbons (Fsp3) is 0.